The van der Waals surface area contributed by atoms with Crippen molar-refractivity contribution >= 4 is 10.0 Å². The van der Waals surface area contributed by atoms with E-state index in [1.807, 2.05) is 0 Å². The second kappa shape index (κ2) is 6.43. The van der Waals surface area contributed by atoms with Crippen LogP contribution in [0.4, 0.5) is 0 Å². The lowest BCUT2D eigenvalue weighted by Gasteiger charge is -2.13. The summed E-state index contributed by atoms with van der Waals surface area (Å²) >= 11 is 0. The first-order valence-corrected chi connectivity index (χ1v) is 8.23. The van der Waals surface area contributed by atoms with E-state index in [1.165, 1.54) is 24.2 Å². The number of furan rings is 1. The molecule has 21 heavy (non-hydrogen) atoms. The van der Waals surface area contributed by atoms with Gasteiger partial charge >= 0.3 is 0 Å². The van der Waals surface area contributed by atoms with Crippen molar-refractivity contribution in [2.24, 2.45) is 0 Å². The van der Waals surface area contributed by atoms with Crippen molar-refractivity contribution < 1.29 is 12.8 Å². The van der Waals surface area contributed by atoms with Crippen molar-refractivity contribution in [3.05, 3.63) is 53.3 Å². The van der Waals surface area contributed by atoms with Crippen LogP contribution in [-0.4, -0.2) is 15.5 Å². The molecular formula is C15H20N2O3S. The van der Waals surface area contributed by atoms with Crippen LogP contribution in [-0.2, 0) is 16.6 Å². The lowest BCUT2D eigenvalue weighted by molar-refractivity contribution is 0.392. The predicted octanol–water partition coefficient (Wildman–Crippen LogP) is 2.35. The van der Waals surface area contributed by atoms with Crippen LogP contribution in [0.1, 0.15) is 29.9 Å². The Balaban J connectivity index is 1.99. The third kappa shape index (κ3) is 3.93. The van der Waals surface area contributed by atoms with Crippen molar-refractivity contribution in [2.45, 2.75) is 31.5 Å². The monoisotopic (exact) mass is 308 g/mol. The van der Waals surface area contributed by atoms with Crippen molar-refractivity contribution in [3.63, 3.8) is 0 Å². The largest absolute Gasteiger partial charge is 0.447 e. The lowest BCUT2D eigenvalue weighted by Crippen LogP contribution is -2.18. The molecule has 2 rings (SSSR count). The molecule has 1 aromatic heterocycles. The molecule has 0 spiro atoms. The molecule has 0 aliphatic rings. The molecule has 1 heterocycles. The van der Waals surface area contributed by atoms with Gasteiger partial charge in [-0.2, -0.15) is 0 Å². The molecule has 2 aromatic rings. The van der Waals surface area contributed by atoms with Crippen LogP contribution in [0.3, 0.4) is 0 Å². The zero-order chi connectivity index (χ0) is 15.5. The molecule has 0 unspecified atom stereocenters. The fraction of sp³-hybridized carbons (Fsp3) is 0.333. The second-order valence-corrected chi connectivity index (χ2v) is 6.76. The Kier molecular flexibility index (Phi) is 4.82. The lowest BCUT2D eigenvalue weighted by atomic mass is 10.1. The van der Waals surface area contributed by atoms with Crippen molar-refractivity contribution in [1.29, 1.82) is 0 Å². The van der Waals surface area contributed by atoms with Gasteiger partial charge in [-0.3, -0.25) is 0 Å². The molecule has 0 amide bonds. The van der Waals surface area contributed by atoms with E-state index in [4.69, 9.17) is 4.42 Å². The molecule has 0 bridgehead atoms. The summed E-state index contributed by atoms with van der Waals surface area (Å²) in [4.78, 5) is 0. The van der Waals surface area contributed by atoms with Gasteiger partial charge in [0.2, 0.25) is 5.09 Å². The number of benzene rings is 1. The molecule has 6 heteroatoms. The Hall–Kier alpha value is -1.63. The number of hydrogen-bond acceptors (Lipinski definition) is 4. The first kappa shape index (κ1) is 15.8. The molecule has 0 aliphatic heterocycles. The Labute approximate surface area is 125 Å². The van der Waals surface area contributed by atoms with E-state index in [-0.39, 0.29) is 11.1 Å². The third-order valence-corrected chi connectivity index (χ3v) is 4.62. The van der Waals surface area contributed by atoms with E-state index >= 15 is 0 Å². The Morgan fingerprint density at radius 3 is 2.43 bits per heavy atom. The van der Waals surface area contributed by atoms with Crippen LogP contribution in [0.25, 0.3) is 0 Å². The maximum atomic E-state index is 11.6. The minimum Gasteiger partial charge on any atom is -0.447 e. The van der Waals surface area contributed by atoms with Gasteiger partial charge in [-0.25, -0.2) is 13.1 Å². The van der Waals surface area contributed by atoms with E-state index in [2.05, 4.69) is 48.2 Å². The Morgan fingerprint density at radius 1 is 1.14 bits per heavy atom. The first-order valence-electron chi connectivity index (χ1n) is 6.74. The standard InChI is InChI=1S/C15H20N2O3S/c1-11-4-6-13(7-5-11)12(2)17-10-14-8-9-15(20-14)21(18,19)16-3/h4-9,12,16-17H,10H2,1-3H3/t12-/m0/s1. The Morgan fingerprint density at radius 2 is 1.81 bits per heavy atom. The number of sulfonamides is 1. The molecule has 0 saturated heterocycles. The molecule has 5 nitrogen and oxygen atoms in total. The number of hydrogen-bond donors (Lipinski definition) is 2. The van der Waals surface area contributed by atoms with Gasteiger partial charge in [-0.1, -0.05) is 29.8 Å². The number of rotatable bonds is 6. The molecule has 114 valence electrons. The van der Waals surface area contributed by atoms with E-state index in [0.717, 1.165) is 0 Å². The fourth-order valence-corrected chi connectivity index (χ4v) is 2.59. The van der Waals surface area contributed by atoms with Crippen LogP contribution in [0.5, 0.6) is 0 Å². The molecular weight excluding hydrogens is 288 g/mol. The quantitative estimate of drug-likeness (QED) is 0.859. The third-order valence-electron chi connectivity index (χ3n) is 3.33. The fourth-order valence-electron chi connectivity index (χ4n) is 1.92. The van der Waals surface area contributed by atoms with E-state index in [1.54, 1.807) is 6.07 Å². The Bertz CT molecular complexity index is 690. The van der Waals surface area contributed by atoms with Crippen LogP contribution >= 0.6 is 0 Å². The van der Waals surface area contributed by atoms with Gasteiger partial charge < -0.3 is 9.73 Å². The van der Waals surface area contributed by atoms with Gasteiger partial charge in [0.25, 0.3) is 10.0 Å². The maximum absolute atomic E-state index is 11.6. The summed E-state index contributed by atoms with van der Waals surface area (Å²) in [5.41, 5.74) is 2.40. The first-order chi connectivity index (χ1) is 9.92. The summed E-state index contributed by atoms with van der Waals surface area (Å²) in [5.74, 6) is 0.586. The smallest absolute Gasteiger partial charge is 0.273 e. The minimum atomic E-state index is -3.52. The highest BCUT2D eigenvalue weighted by molar-refractivity contribution is 7.89. The molecule has 1 atom stereocenters. The summed E-state index contributed by atoms with van der Waals surface area (Å²) in [6.45, 7) is 4.57. The predicted molar refractivity (Wildman–Crippen MR) is 81.4 cm³/mol. The van der Waals surface area contributed by atoms with E-state index in [9.17, 15) is 8.42 Å². The topological polar surface area (TPSA) is 71.3 Å². The highest BCUT2D eigenvalue weighted by atomic mass is 32.2. The molecule has 0 saturated carbocycles. The number of aryl methyl sites for hydroxylation is 1. The highest BCUT2D eigenvalue weighted by Crippen LogP contribution is 2.16. The second-order valence-electron chi connectivity index (χ2n) is 4.94. The van der Waals surface area contributed by atoms with Crippen LogP contribution < -0.4 is 10.0 Å². The van der Waals surface area contributed by atoms with E-state index < -0.39 is 10.0 Å². The molecule has 2 N–H and O–H groups in total. The maximum Gasteiger partial charge on any atom is 0.273 e. The average molecular weight is 308 g/mol. The zero-order valence-corrected chi connectivity index (χ0v) is 13.2. The normalized spacial score (nSPS) is 13.3. The van der Waals surface area contributed by atoms with Crippen LogP contribution in [0, 0.1) is 6.92 Å². The van der Waals surface area contributed by atoms with Gasteiger partial charge in [-0.15, -0.1) is 0 Å². The van der Waals surface area contributed by atoms with Crippen molar-refractivity contribution in [3.8, 4) is 0 Å². The summed E-state index contributed by atoms with van der Waals surface area (Å²) < 4.78 is 30.7. The van der Waals surface area contributed by atoms with Gasteiger partial charge in [0.1, 0.15) is 5.76 Å². The molecule has 1 aromatic carbocycles. The van der Waals surface area contributed by atoms with Crippen LogP contribution in [0.15, 0.2) is 45.9 Å². The summed E-state index contributed by atoms with van der Waals surface area (Å²) in [6, 6.07) is 11.6. The van der Waals surface area contributed by atoms with E-state index in [0.29, 0.717) is 12.3 Å². The SMILES string of the molecule is CNS(=O)(=O)c1ccc(CN[C@@H](C)c2ccc(C)cc2)o1. The number of nitrogens with one attached hydrogen (secondary N) is 2. The van der Waals surface area contributed by atoms with Crippen molar-refractivity contribution in [2.75, 3.05) is 7.05 Å². The van der Waals surface area contributed by atoms with Gasteiger partial charge in [0.15, 0.2) is 0 Å². The molecule has 0 radical (unpaired) electrons. The van der Waals surface area contributed by atoms with Gasteiger partial charge in [-0.05, 0) is 38.6 Å². The highest BCUT2D eigenvalue weighted by Gasteiger charge is 2.16. The zero-order valence-electron chi connectivity index (χ0n) is 12.4. The average Bonchev–Trinajstić information content (AvgIpc) is 2.95. The summed E-state index contributed by atoms with van der Waals surface area (Å²) in [5, 5.41) is 3.24. The minimum absolute atomic E-state index is 0.0650. The van der Waals surface area contributed by atoms with Crippen LogP contribution in [0.2, 0.25) is 0 Å². The van der Waals surface area contributed by atoms with Crippen molar-refractivity contribution in [1.82, 2.24) is 10.0 Å². The molecule has 0 aliphatic carbocycles. The summed E-state index contributed by atoms with van der Waals surface area (Å²) in [7, 11) is -2.16. The van der Waals surface area contributed by atoms with Gasteiger partial charge in [0.05, 0.1) is 6.54 Å². The van der Waals surface area contributed by atoms with Gasteiger partial charge in [0, 0.05) is 6.04 Å². The summed E-state index contributed by atoms with van der Waals surface area (Å²) in [6.07, 6.45) is 0. The molecule has 0 fully saturated rings.